The summed E-state index contributed by atoms with van der Waals surface area (Å²) in [5, 5.41) is 3.09. The van der Waals surface area contributed by atoms with Crippen molar-refractivity contribution in [1.82, 2.24) is 9.97 Å². The van der Waals surface area contributed by atoms with E-state index in [4.69, 9.17) is 0 Å². The Morgan fingerprint density at radius 3 is 2.11 bits per heavy atom. The predicted octanol–water partition coefficient (Wildman–Crippen LogP) is 2.95. The van der Waals surface area contributed by atoms with E-state index in [0.29, 0.717) is 11.8 Å². The third-order valence-electron chi connectivity index (χ3n) is 2.58. The Bertz CT molecular complexity index is 364. The minimum Gasteiger partial charge on any atom is -0.373 e. The standard InChI is InChI=1S/C14H26N4/c1-10(2)8-18(9-11(3)4)14-7-13(15-6)16-12(5)17-14/h7,10-11H,8-9H2,1-6H3,(H,15,16,17). The molecule has 0 fully saturated rings. The van der Waals surface area contributed by atoms with Crippen molar-refractivity contribution in [3.8, 4) is 0 Å². The fraction of sp³-hybridized carbons (Fsp3) is 0.714. The Morgan fingerprint density at radius 2 is 1.67 bits per heavy atom. The number of aryl methyl sites for hydroxylation is 1. The largest absolute Gasteiger partial charge is 0.373 e. The summed E-state index contributed by atoms with van der Waals surface area (Å²) in [7, 11) is 1.89. The molecule has 0 atom stereocenters. The normalized spacial score (nSPS) is 11.1. The second-order valence-electron chi connectivity index (χ2n) is 5.60. The zero-order chi connectivity index (χ0) is 13.7. The summed E-state index contributed by atoms with van der Waals surface area (Å²) in [6.07, 6.45) is 0. The fourth-order valence-corrected chi connectivity index (χ4v) is 1.99. The molecule has 0 spiro atoms. The lowest BCUT2D eigenvalue weighted by Crippen LogP contribution is -2.32. The molecule has 1 N–H and O–H groups in total. The molecule has 0 saturated carbocycles. The molecule has 0 radical (unpaired) electrons. The first kappa shape index (κ1) is 14.7. The minimum atomic E-state index is 0.622. The third kappa shape index (κ3) is 4.51. The molecule has 1 aromatic rings. The molecule has 0 aliphatic heterocycles. The van der Waals surface area contributed by atoms with Crippen molar-refractivity contribution < 1.29 is 0 Å². The highest BCUT2D eigenvalue weighted by atomic mass is 15.2. The van der Waals surface area contributed by atoms with Crippen molar-refractivity contribution in [2.24, 2.45) is 11.8 Å². The van der Waals surface area contributed by atoms with Gasteiger partial charge in [-0.1, -0.05) is 27.7 Å². The van der Waals surface area contributed by atoms with Crippen molar-refractivity contribution >= 4 is 11.6 Å². The molecule has 18 heavy (non-hydrogen) atoms. The van der Waals surface area contributed by atoms with E-state index in [1.807, 2.05) is 20.0 Å². The summed E-state index contributed by atoms with van der Waals surface area (Å²) in [6.45, 7) is 12.9. The Kier molecular flexibility index (Phi) is 5.38. The van der Waals surface area contributed by atoms with Gasteiger partial charge in [-0.05, 0) is 18.8 Å². The van der Waals surface area contributed by atoms with Crippen molar-refractivity contribution in [3.05, 3.63) is 11.9 Å². The zero-order valence-electron chi connectivity index (χ0n) is 12.5. The van der Waals surface area contributed by atoms with Crippen LogP contribution in [0.4, 0.5) is 11.6 Å². The SMILES string of the molecule is CNc1cc(N(CC(C)C)CC(C)C)nc(C)n1. The number of rotatable bonds is 6. The van der Waals surface area contributed by atoms with Crippen LogP contribution in [0.25, 0.3) is 0 Å². The molecule has 4 nitrogen and oxygen atoms in total. The van der Waals surface area contributed by atoms with E-state index in [2.05, 4.69) is 47.9 Å². The first-order valence-electron chi connectivity index (χ1n) is 6.70. The average molecular weight is 250 g/mol. The quantitative estimate of drug-likeness (QED) is 0.843. The Balaban J connectivity index is 2.99. The lowest BCUT2D eigenvalue weighted by Gasteiger charge is -2.27. The second kappa shape index (κ2) is 6.57. The molecule has 102 valence electrons. The summed E-state index contributed by atoms with van der Waals surface area (Å²) in [6, 6.07) is 2.03. The number of nitrogens with one attached hydrogen (secondary N) is 1. The maximum atomic E-state index is 4.56. The molecule has 4 heteroatoms. The first-order valence-corrected chi connectivity index (χ1v) is 6.70. The predicted molar refractivity (Wildman–Crippen MR) is 78.2 cm³/mol. The minimum absolute atomic E-state index is 0.622. The van der Waals surface area contributed by atoms with Crippen molar-refractivity contribution in [3.63, 3.8) is 0 Å². The van der Waals surface area contributed by atoms with Crippen LogP contribution in [0.2, 0.25) is 0 Å². The summed E-state index contributed by atoms with van der Waals surface area (Å²) in [4.78, 5) is 11.3. The molecule has 0 aromatic carbocycles. The maximum absolute atomic E-state index is 4.56. The van der Waals surface area contributed by atoms with Crippen molar-refractivity contribution in [2.45, 2.75) is 34.6 Å². The van der Waals surface area contributed by atoms with E-state index in [1.165, 1.54) is 0 Å². The van der Waals surface area contributed by atoms with Crippen LogP contribution in [-0.2, 0) is 0 Å². The topological polar surface area (TPSA) is 41.0 Å². The van der Waals surface area contributed by atoms with Crippen LogP contribution in [0.15, 0.2) is 6.07 Å². The van der Waals surface area contributed by atoms with Crippen LogP contribution in [-0.4, -0.2) is 30.1 Å². The number of hydrogen-bond donors (Lipinski definition) is 1. The molecule has 1 rings (SSSR count). The van der Waals surface area contributed by atoms with Crippen molar-refractivity contribution in [2.75, 3.05) is 30.4 Å². The highest BCUT2D eigenvalue weighted by molar-refractivity contribution is 5.49. The maximum Gasteiger partial charge on any atom is 0.134 e. The van der Waals surface area contributed by atoms with E-state index in [0.717, 1.165) is 30.5 Å². The van der Waals surface area contributed by atoms with E-state index in [1.54, 1.807) is 0 Å². The van der Waals surface area contributed by atoms with Gasteiger partial charge in [-0.15, -0.1) is 0 Å². The first-order chi connectivity index (χ1) is 8.42. The molecule has 1 aromatic heterocycles. The van der Waals surface area contributed by atoms with Gasteiger partial charge in [-0.3, -0.25) is 0 Å². The number of nitrogens with zero attached hydrogens (tertiary/aromatic N) is 3. The smallest absolute Gasteiger partial charge is 0.134 e. The van der Waals surface area contributed by atoms with Gasteiger partial charge >= 0.3 is 0 Å². The summed E-state index contributed by atoms with van der Waals surface area (Å²) in [5.74, 6) is 3.97. The number of aromatic nitrogens is 2. The lowest BCUT2D eigenvalue weighted by molar-refractivity contribution is 0.548. The molecule has 0 aliphatic carbocycles. The van der Waals surface area contributed by atoms with Gasteiger partial charge in [0.15, 0.2) is 0 Å². The van der Waals surface area contributed by atoms with Gasteiger partial charge in [0, 0.05) is 26.2 Å². The van der Waals surface area contributed by atoms with Crippen LogP contribution in [0.5, 0.6) is 0 Å². The van der Waals surface area contributed by atoms with Crippen molar-refractivity contribution in [1.29, 1.82) is 0 Å². The van der Waals surface area contributed by atoms with Gasteiger partial charge in [0.2, 0.25) is 0 Å². The molecule has 0 amide bonds. The number of anilines is 2. The third-order valence-corrected chi connectivity index (χ3v) is 2.58. The van der Waals surface area contributed by atoms with Gasteiger partial charge in [-0.25, -0.2) is 9.97 Å². The second-order valence-corrected chi connectivity index (χ2v) is 5.60. The van der Waals surface area contributed by atoms with Gasteiger partial charge in [-0.2, -0.15) is 0 Å². The molecular weight excluding hydrogens is 224 g/mol. The van der Waals surface area contributed by atoms with Crippen LogP contribution in [0.1, 0.15) is 33.5 Å². The Hall–Kier alpha value is -1.32. The molecule has 1 heterocycles. The highest BCUT2D eigenvalue weighted by Crippen LogP contribution is 2.18. The molecule has 0 bridgehead atoms. The van der Waals surface area contributed by atoms with Crippen LogP contribution >= 0.6 is 0 Å². The van der Waals surface area contributed by atoms with Gasteiger partial charge in [0.25, 0.3) is 0 Å². The number of hydrogen-bond acceptors (Lipinski definition) is 4. The molecular formula is C14H26N4. The van der Waals surface area contributed by atoms with E-state index >= 15 is 0 Å². The average Bonchev–Trinajstić information content (AvgIpc) is 2.26. The monoisotopic (exact) mass is 250 g/mol. The Labute approximate surface area is 111 Å². The zero-order valence-corrected chi connectivity index (χ0v) is 12.5. The van der Waals surface area contributed by atoms with Gasteiger partial charge in [0.1, 0.15) is 17.5 Å². The van der Waals surface area contributed by atoms with Crippen LogP contribution in [0, 0.1) is 18.8 Å². The lowest BCUT2D eigenvalue weighted by atomic mass is 10.1. The van der Waals surface area contributed by atoms with E-state index in [9.17, 15) is 0 Å². The van der Waals surface area contributed by atoms with Gasteiger partial charge in [0.05, 0.1) is 0 Å². The van der Waals surface area contributed by atoms with Crippen LogP contribution in [0.3, 0.4) is 0 Å². The highest BCUT2D eigenvalue weighted by Gasteiger charge is 2.13. The molecule has 0 saturated heterocycles. The summed E-state index contributed by atoms with van der Waals surface area (Å²) >= 11 is 0. The van der Waals surface area contributed by atoms with Gasteiger partial charge < -0.3 is 10.2 Å². The van der Waals surface area contributed by atoms with Crippen LogP contribution < -0.4 is 10.2 Å². The summed E-state index contributed by atoms with van der Waals surface area (Å²) < 4.78 is 0. The fourth-order valence-electron chi connectivity index (χ4n) is 1.99. The summed E-state index contributed by atoms with van der Waals surface area (Å²) in [5.41, 5.74) is 0. The molecule has 0 aliphatic rings. The Morgan fingerprint density at radius 1 is 1.11 bits per heavy atom. The molecule has 0 unspecified atom stereocenters. The van der Waals surface area contributed by atoms with E-state index < -0.39 is 0 Å². The van der Waals surface area contributed by atoms with E-state index in [-0.39, 0.29) is 0 Å².